The van der Waals surface area contributed by atoms with Gasteiger partial charge in [0.05, 0.1) is 0 Å². The second-order valence-electron chi connectivity index (χ2n) is 7.40. The van der Waals surface area contributed by atoms with Crippen molar-refractivity contribution in [1.82, 2.24) is 0 Å². The maximum atomic E-state index is 10.2. The van der Waals surface area contributed by atoms with Gasteiger partial charge in [0.25, 0.3) is 0 Å². The molecule has 0 atom stereocenters. The average molecular weight is 341 g/mol. The van der Waals surface area contributed by atoms with E-state index in [1.54, 1.807) is 0 Å². The fourth-order valence-electron chi connectivity index (χ4n) is 3.34. The summed E-state index contributed by atoms with van der Waals surface area (Å²) in [5.41, 5.74) is 0. The molecule has 0 spiro atoms. The van der Waals surface area contributed by atoms with Crippen LogP contribution >= 0.6 is 0 Å². The number of aldehydes is 1. The summed E-state index contributed by atoms with van der Waals surface area (Å²) in [6.07, 6.45) is 27.2. The molecule has 1 N–H and O–H groups in total. The molecule has 0 saturated heterocycles. The molecular weight excluding hydrogens is 296 g/mol. The van der Waals surface area contributed by atoms with E-state index < -0.39 is 0 Å². The molecule has 0 aliphatic heterocycles. The molecule has 0 radical (unpaired) electrons. The van der Waals surface area contributed by atoms with E-state index in [-0.39, 0.29) is 0 Å². The first-order valence-electron chi connectivity index (χ1n) is 11.0. The molecule has 0 aromatic heterocycles. The zero-order valence-electron chi connectivity index (χ0n) is 16.3. The van der Waals surface area contributed by atoms with Crippen LogP contribution in [0.25, 0.3) is 0 Å². The van der Waals surface area contributed by atoms with Gasteiger partial charge in [-0.3, -0.25) is 0 Å². The second-order valence-corrected chi connectivity index (χ2v) is 7.40. The van der Waals surface area contributed by atoms with E-state index in [9.17, 15) is 4.79 Å². The highest BCUT2D eigenvalue weighted by molar-refractivity contribution is 5.48. The Morgan fingerprint density at radius 1 is 0.417 bits per heavy atom. The normalized spacial score (nSPS) is 11.0. The fourth-order valence-corrected chi connectivity index (χ4v) is 3.34. The van der Waals surface area contributed by atoms with E-state index in [4.69, 9.17) is 5.11 Å². The summed E-state index contributed by atoms with van der Waals surface area (Å²) in [4.78, 5) is 10.2. The van der Waals surface area contributed by atoms with Crippen molar-refractivity contribution in [3.63, 3.8) is 0 Å². The predicted molar refractivity (Wildman–Crippen MR) is 105 cm³/mol. The lowest BCUT2D eigenvalue weighted by atomic mass is 10.0. The maximum absolute atomic E-state index is 10.2. The molecule has 0 fully saturated rings. The molecule has 0 heterocycles. The van der Waals surface area contributed by atoms with Crippen molar-refractivity contribution in [3.05, 3.63) is 0 Å². The van der Waals surface area contributed by atoms with E-state index in [1.165, 1.54) is 109 Å². The van der Waals surface area contributed by atoms with E-state index in [2.05, 4.69) is 0 Å². The van der Waals surface area contributed by atoms with Crippen LogP contribution in [-0.4, -0.2) is 18.0 Å². The van der Waals surface area contributed by atoms with Crippen molar-refractivity contribution in [1.29, 1.82) is 0 Å². The van der Waals surface area contributed by atoms with Crippen LogP contribution in [0.3, 0.4) is 0 Å². The number of unbranched alkanes of at least 4 members (excludes halogenated alkanes) is 19. The van der Waals surface area contributed by atoms with E-state index in [0.29, 0.717) is 6.61 Å². The molecule has 144 valence electrons. The summed E-state index contributed by atoms with van der Waals surface area (Å²) in [6.45, 7) is 0.364. The van der Waals surface area contributed by atoms with Crippen LogP contribution in [0.4, 0.5) is 0 Å². The number of carbonyl (C=O) groups excluding carboxylic acids is 1. The van der Waals surface area contributed by atoms with Crippen molar-refractivity contribution in [2.24, 2.45) is 0 Å². The Hall–Kier alpha value is -0.370. The first-order valence-corrected chi connectivity index (χ1v) is 11.0. The highest BCUT2D eigenvalue weighted by Crippen LogP contribution is 2.14. The fraction of sp³-hybridized carbons (Fsp3) is 0.955. The smallest absolute Gasteiger partial charge is 0.119 e. The number of hydrogen-bond donors (Lipinski definition) is 1. The lowest BCUT2D eigenvalue weighted by Crippen LogP contribution is -1.85. The molecule has 0 aromatic rings. The summed E-state index contributed by atoms with van der Waals surface area (Å²) in [6, 6.07) is 0. The predicted octanol–water partition coefficient (Wildman–Crippen LogP) is 6.98. The van der Waals surface area contributed by atoms with E-state index >= 15 is 0 Å². The first-order chi connectivity index (χ1) is 11.9. The Labute approximate surface area is 151 Å². The summed E-state index contributed by atoms with van der Waals surface area (Å²) < 4.78 is 0. The maximum Gasteiger partial charge on any atom is 0.119 e. The minimum absolute atomic E-state index is 0.364. The van der Waals surface area contributed by atoms with Crippen LogP contribution in [0.2, 0.25) is 0 Å². The van der Waals surface area contributed by atoms with Gasteiger partial charge in [0.2, 0.25) is 0 Å². The Morgan fingerprint density at radius 3 is 0.917 bits per heavy atom. The van der Waals surface area contributed by atoms with Gasteiger partial charge in [0.1, 0.15) is 6.29 Å². The Bertz CT molecular complexity index is 228. The average Bonchev–Trinajstić information content (AvgIpc) is 2.60. The van der Waals surface area contributed by atoms with Crippen LogP contribution in [0, 0.1) is 0 Å². The standard InChI is InChI=1S/C22H44O2/c23-21-19-17-15-13-11-9-7-5-3-1-2-4-6-8-10-12-14-16-18-20-22-24/h21,24H,1-20,22H2. The van der Waals surface area contributed by atoms with Gasteiger partial charge >= 0.3 is 0 Å². The number of carbonyl (C=O) groups is 1. The zero-order valence-corrected chi connectivity index (χ0v) is 16.3. The van der Waals surface area contributed by atoms with Gasteiger partial charge in [-0.1, -0.05) is 109 Å². The number of hydrogen-bond acceptors (Lipinski definition) is 2. The van der Waals surface area contributed by atoms with Gasteiger partial charge in [0, 0.05) is 13.0 Å². The third-order valence-corrected chi connectivity index (χ3v) is 4.98. The molecule has 24 heavy (non-hydrogen) atoms. The number of aliphatic hydroxyl groups excluding tert-OH is 1. The van der Waals surface area contributed by atoms with Crippen molar-refractivity contribution in [2.45, 2.75) is 128 Å². The highest BCUT2D eigenvalue weighted by atomic mass is 16.2. The van der Waals surface area contributed by atoms with Gasteiger partial charge in [-0.2, -0.15) is 0 Å². The zero-order chi connectivity index (χ0) is 17.6. The Kier molecular flexibility index (Phi) is 22.3. The van der Waals surface area contributed by atoms with Gasteiger partial charge in [-0.25, -0.2) is 0 Å². The molecule has 0 aliphatic carbocycles. The molecule has 0 unspecified atom stereocenters. The molecule has 0 bridgehead atoms. The van der Waals surface area contributed by atoms with Crippen molar-refractivity contribution < 1.29 is 9.90 Å². The monoisotopic (exact) mass is 340 g/mol. The third kappa shape index (κ3) is 21.6. The molecule has 2 heteroatoms. The minimum atomic E-state index is 0.364. The van der Waals surface area contributed by atoms with Crippen LogP contribution in [-0.2, 0) is 4.79 Å². The highest BCUT2D eigenvalue weighted by Gasteiger charge is 1.95. The Balaban J connectivity index is 2.94. The van der Waals surface area contributed by atoms with Gasteiger partial charge in [0.15, 0.2) is 0 Å². The van der Waals surface area contributed by atoms with E-state index in [1.807, 2.05) is 0 Å². The van der Waals surface area contributed by atoms with Gasteiger partial charge in [-0.05, 0) is 12.8 Å². The molecular formula is C22H44O2. The number of rotatable bonds is 21. The largest absolute Gasteiger partial charge is 0.396 e. The van der Waals surface area contributed by atoms with Crippen molar-refractivity contribution in [2.75, 3.05) is 6.61 Å². The molecule has 0 aromatic carbocycles. The Morgan fingerprint density at radius 2 is 0.667 bits per heavy atom. The van der Waals surface area contributed by atoms with Crippen LogP contribution in [0.1, 0.15) is 128 Å². The summed E-state index contributed by atoms with van der Waals surface area (Å²) in [5, 5.41) is 8.71. The quantitative estimate of drug-likeness (QED) is 0.181. The van der Waals surface area contributed by atoms with Crippen LogP contribution in [0.15, 0.2) is 0 Å². The van der Waals surface area contributed by atoms with Gasteiger partial charge in [-0.15, -0.1) is 0 Å². The summed E-state index contributed by atoms with van der Waals surface area (Å²) in [7, 11) is 0. The lowest BCUT2D eigenvalue weighted by molar-refractivity contribution is -0.107. The molecule has 0 aliphatic rings. The summed E-state index contributed by atoms with van der Waals surface area (Å²) >= 11 is 0. The lowest BCUT2D eigenvalue weighted by Gasteiger charge is -2.03. The van der Waals surface area contributed by atoms with Crippen LogP contribution in [0.5, 0.6) is 0 Å². The topological polar surface area (TPSA) is 37.3 Å². The first kappa shape index (κ1) is 23.6. The van der Waals surface area contributed by atoms with Crippen LogP contribution < -0.4 is 0 Å². The molecule has 2 nitrogen and oxygen atoms in total. The van der Waals surface area contributed by atoms with Crippen molar-refractivity contribution in [3.8, 4) is 0 Å². The van der Waals surface area contributed by atoms with Crippen molar-refractivity contribution >= 4 is 6.29 Å². The molecule has 0 rings (SSSR count). The third-order valence-electron chi connectivity index (χ3n) is 4.98. The molecule has 0 amide bonds. The SMILES string of the molecule is O=CCCCCCCCCCCCCCCCCCCCCCO. The summed E-state index contributed by atoms with van der Waals surface area (Å²) in [5.74, 6) is 0. The number of aliphatic hydroxyl groups is 1. The molecule has 0 saturated carbocycles. The van der Waals surface area contributed by atoms with Gasteiger partial charge < -0.3 is 9.90 Å². The minimum Gasteiger partial charge on any atom is -0.396 e. The van der Waals surface area contributed by atoms with E-state index in [0.717, 1.165) is 25.5 Å². The second kappa shape index (κ2) is 22.6.